The molecule has 0 heterocycles. The van der Waals surface area contributed by atoms with Crippen LogP contribution >= 0.6 is 0 Å². The number of rotatable bonds is 5. The molecule has 2 nitrogen and oxygen atoms in total. The quantitative estimate of drug-likeness (QED) is 0.343. The highest BCUT2D eigenvalue weighted by atomic mass is 19.1. The van der Waals surface area contributed by atoms with Gasteiger partial charge in [0.05, 0.1) is 0 Å². The Kier molecular flexibility index (Phi) is 6.51. The zero-order valence-corrected chi connectivity index (χ0v) is 18.0. The second kappa shape index (κ2) is 9.33. The van der Waals surface area contributed by atoms with Gasteiger partial charge in [0.2, 0.25) is 0 Å². The van der Waals surface area contributed by atoms with E-state index in [2.05, 4.69) is 4.90 Å². The van der Waals surface area contributed by atoms with Crippen LogP contribution in [0.5, 0.6) is 0 Å². The number of hydrogen-bond donors (Lipinski definition) is 1. The Morgan fingerprint density at radius 3 is 1.78 bits per heavy atom. The lowest BCUT2D eigenvalue weighted by Crippen LogP contribution is -2.33. The van der Waals surface area contributed by atoms with E-state index in [1.54, 1.807) is 6.07 Å². The highest BCUT2D eigenvalue weighted by Gasteiger charge is 2.21. The minimum absolute atomic E-state index is 0.278. The van der Waals surface area contributed by atoms with E-state index in [0.29, 0.717) is 35.0 Å². The van der Waals surface area contributed by atoms with Crippen molar-refractivity contribution < 1.29 is 17.6 Å². The minimum Gasteiger partial charge on any atom is -0.398 e. The molecule has 1 aliphatic carbocycles. The number of hydrogen-bond acceptors (Lipinski definition) is 2. The van der Waals surface area contributed by atoms with Gasteiger partial charge in [0, 0.05) is 36.0 Å². The van der Waals surface area contributed by atoms with Gasteiger partial charge in [-0.15, -0.1) is 0 Å². The maximum absolute atomic E-state index is 13.9. The Labute approximate surface area is 185 Å². The summed E-state index contributed by atoms with van der Waals surface area (Å²) in [4.78, 5) is 2.23. The van der Waals surface area contributed by atoms with Crippen molar-refractivity contribution in [2.75, 3.05) is 12.8 Å². The molecular formula is C26H26F4N2. The summed E-state index contributed by atoms with van der Waals surface area (Å²) in [5.41, 5.74) is 9.21. The summed E-state index contributed by atoms with van der Waals surface area (Å²) in [5, 5.41) is 0. The van der Waals surface area contributed by atoms with Crippen molar-refractivity contribution in [2.45, 2.75) is 44.7 Å². The van der Waals surface area contributed by atoms with Crippen LogP contribution in [0, 0.1) is 23.3 Å². The van der Waals surface area contributed by atoms with Crippen LogP contribution in [0.25, 0.3) is 22.3 Å². The largest absolute Gasteiger partial charge is 0.398 e. The van der Waals surface area contributed by atoms with Crippen LogP contribution in [0.15, 0.2) is 48.5 Å². The third kappa shape index (κ3) is 4.96. The molecule has 0 radical (unpaired) electrons. The molecule has 0 unspecified atom stereocenters. The summed E-state index contributed by atoms with van der Waals surface area (Å²) in [6.45, 7) is 0.521. The van der Waals surface area contributed by atoms with Gasteiger partial charge in [-0.2, -0.15) is 0 Å². The molecule has 168 valence electrons. The van der Waals surface area contributed by atoms with Crippen molar-refractivity contribution in [1.82, 2.24) is 4.90 Å². The Balaban J connectivity index is 1.82. The first-order valence-corrected chi connectivity index (χ1v) is 10.9. The Hall–Kier alpha value is -2.86. The molecular weight excluding hydrogens is 416 g/mol. The average Bonchev–Trinajstić information content (AvgIpc) is 2.74. The Morgan fingerprint density at radius 2 is 1.22 bits per heavy atom. The summed E-state index contributed by atoms with van der Waals surface area (Å²) >= 11 is 0. The van der Waals surface area contributed by atoms with Gasteiger partial charge >= 0.3 is 0 Å². The standard InChI is InChI=1S/C26H26F4N2/c1-32(24-5-3-2-4-6-24)15-19-7-16(17-8-20(27)13-21(28)9-17)12-25(26(19)31)18-10-22(29)14-23(30)11-18/h7-14,24H,2-6,15,31H2,1H3. The number of nitrogen functional groups attached to an aromatic ring is 1. The molecule has 0 aliphatic heterocycles. The van der Waals surface area contributed by atoms with Crippen LogP contribution in [-0.2, 0) is 6.54 Å². The van der Waals surface area contributed by atoms with Gasteiger partial charge in [0.15, 0.2) is 0 Å². The van der Waals surface area contributed by atoms with Crippen LogP contribution in [0.4, 0.5) is 23.2 Å². The smallest absolute Gasteiger partial charge is 0.126 e. The number of nitrogens with two attached hydrogens (primary N) is 1. The fraction of sp³-hybridized carbons (Fsp3) is 0.308. The molecule has 2 N–H and O–H groups in total. The predicted octanol–water partition coefficient (Wildman–Crippen LogP) is 6.92. The van der Waals surface area contributed by atoms with Crippen molar-refractivity contribution in [3.05, 3.63) is 77.4 Å². The molecule has 3 aromatic rings. The van der Waals surface area contributed by atoms with E-state index in [4.69, 9.17) is 5.73 Å². The molecule has 0 bridgehead atoms. The average molecular weight is 443 g/mol. The molecule has 1 saturated carbocycles. The van der Waals surface area contributed by atoms with Crippen molar-refractivity contribution in [1.29, 1.82) is 0 Å². The van der Waals surface area contributed by atoms with Crippen molar-refractivity contribution >= 4 is 5.69 Å². The van der Waals surface area contributed by atoms with Crippen molar-refractivity contribution in [3.8, 4) is 22.3 Å². The topological polar surface area (TPSA) is 29.3 Å². The van der Waals surface area contributed by atoms with Crippen LogP contribution in [0.1, 0.15) is 37.7 Å². The first-order valence-electron chi connectivity index (χ1n) is 10.9. The SMILES string of the molecule is CN(Cc1cc(-c2cc(F)cc(F)c2)cc(-c2cc(F)cc(F)c2)c1N)C1CCCCC1. The maximum atomic E-state index is 13.9. The first-order chi connectivity index (χ1) is 15.3. The second-order valence-electron chi connectivity index (χ2n) is 8.62. The number of benzene rings is 3. The lowest BCUT2D eigenvalue weighted by molar-refractivity contribution is 0.185. The van der Waals surface area contributed by atoms with Crippen molar-refractivity contribution in [3.63, 3.8) is 0 Å². The normalized spacial score (nSPS) is 14.8. The van der Waals surface area contributed by atoms with E-state index >= 15 is 0 Å². The minimum atomic E-state index is -0.720. The molecule has 6 heteroatoms. The van der Waals surface area contributed by atoms with Crippen LogP contribution in [-0.4, -0.2) is 18.0 Å². The van der Waals surface area contributed by atoms with Crippen LogP contribution in [0.3, 0.4) is 0 Å². The summed E-state index contributed by atoms with van der Waals surface area (Å²) in [6.07, 6.45) is 5.81. The molecule has 1 fully saturated rings. The Morgan fingerprint density at radius 1 is 0.719 bits per heavy atom. The van der Waals surface area contributed by atoms with Gasteiger partial charge in [-0.25, -0.2) is 17.6 Å². The number of anilines is 1. The fourth-order valence-electron chi connectivity index (χ4n) is 4.60. The summed E-state index contributed by atoms with van der Waals surface area (Å²) in [7, 11) is 2.03. The lowest BCUT2D eigenvalue weighted by Gasteiger charge is -2.32. The van der Waals surface area contributed by atoms with E-state index in [1.165, 1.54) is 43.5 Å². The molecule has 0 spiro atoms. The van der Waals surface area contributed by atoms with E-state index in [9.17, 15) is 17.6 Å². The summed E-state index contributed by atoms with van der Waals surface area (Å²) in [5.74, 6) is -2.84. The van der Waals surface area contributed by atoms with E-state index in [-0.39, 0.29) is 5.56 Å². The Bertz CT molecular complexity index is 1080. The molecule has 0 aromatic heterocycles. The second-order valence-corrected chi connectivity index (χ2v) is 8.62. The summed E-state index contributed by atoms with van der Waals surface area (Å²) < 4.78 is 55.7. The monoisotopic (exact) mass is 442 g/mol. The van der Waals surface area contributed by atoms with Gasteiger partial charge < -0.3 is 5.73 Å². The molecule has 32 heavy (non-hydrogen) atoms. The van der Waals surface area contributed by atoms with Gasteiger partial charge in [0.1, 0.15) is 23.3 Å². The third-order valence-electron chi connectivity index (χ3n) is 6.25. The molecule has 0 amide bonds. The fourth-order valence-corrected chi connectivity index (χ4v) is 4.60. The molecule has 3 aromatic carbocycles. The van der Waals surface area contributed by atoms with Gasteiger partial charge in [-0.3, -0.25) is 4.90 Å². The number of nitrogens with zero attached hydrogens (tertiary/aromatic N) is 1. The van der Waals surface area contributed by atoms with Crippen LogP contribution < -0.4 is 5.73 Å². The van der Waals surface area contributed by atoms with E-state index in [0.717, 1.165) is 30.5 Å². The van der Waals surface area contributed by atoms with Gasteiger partial charge in [0.25, 0.3) is 0 Å². The highest BCUT2D eigenvalue weighted by molar-refractivity contribution is 5.84. The first kappa shape index (κ1) is 22.3. The van der Waals surface area contributed by atoms with Crippen molar-refractivity contribution in [2.24, 2.45) is 0 Å². The lowest BCUT2D eigenvalue weighted by atomic mass is 9.92. The third-order valence-corrected chi connectivity index (χ3v) is 6.25. The van der Waals surface area contributed by atoms with Gasteiger partial charge in [-0.05, 0) is 78.5 Å². The molecule has 0 atom stereocenters. The van der Waals surface area contributed by atoms with Gasteiger partial charge in [-0.1, -0.05) is 19.3 Å². The number of halogens is 4. The predicted molar refractivity (Wildman–Crippen MR) is 120 cm³/mol. The van der Waals surface area contributed by atoms with Crippen LogP contribution in [0.2, 0.25) is 0 Å². The maximum Gasteiger partial charge on any atom is 0.126 e. The summed E-state index contributed by atoms with van der Waals surface area (Å²) in [6, 6.07) is 10.3. The zero-order valence-electron chi connectivity index (χ0n) is 18.0. The molecule has 4 rings (SSSR count). The van der Waals surface area contributed by atoms with E-state index < -0.39 is 23.3 Å². The molecule has 0 saturated heterocycles. The zero-order chi connectivity index (χ0) is 22.8. The highest BCUT2D eigenvalue weighted by Crippen LogP contribution is 2.36. The van der Waals surface area contributed by atoms with E-state index in [1.807, 2.05) is 13.1 Å². The molecule has 1 aliphatic rings.